The molecule has 0 radical (unpaired) electrons. The summed E-state index contributed by atoms with van der Waals surface area (Å²) in [6.07, 6.45) is 2.47. The lowest BCUT2D eigenvalue weighted by atomic mass is 9.87. The number of alkyl halides is 2. The summed E-state index contributed by atoms with van der Waals surface area (Å²) >= 11 is 0. The molecule has 2 N–H and O–H groups in total. The van der Waals surface area contributed by atoms with E-state index in [1.165, 1.54) is 0 Å². The van der Waals surface area contributed by atoms with Crippen LogP contribution in [0.1, 0.15) is 51.4 Å². The van der Waals surface area contributed by atoms with Crippen molar-refractivity contribution >= 4 is 23.2 Å². The number of hydrogen-bond acceptors (Lipinski definition) is 2. The third kappa shape index (κ3) is 5.02. The lowest BCUT2D eigenvalue weighted by Crippen LogP contribution is -2.28. The normalized spacial score (nSPS) is 29.0. The first-order chi connectivity index (χ1) is 12.5. The maximum Gasteiger partial charge on any atom is 0.227 e. The minimum absolute atomic E-state index is 0.0957. The topological polar surface area (TPSA) is 58.2 Å². The van der Waals surface area contributed by atoms with Crippen molar-refractivity contribution in [3.8, 4) is 0 Å². The van der Waals surface area contributed by atoms with Crippen LogP contribution in [0.2, 0.25) is 0 Å². The quantitative estimate of drug-likeness (QED) is 0.819. The zero-order valence-corrected chi connectivity index (χ0v) is 14.8. The van der Waals surface area contributed by atoms with Crippen LogP contribution in [0.4, 0.5) is 20.2 Å². The highest BCUT2D eigenvalue weighted by Crippen LogP contribution is 2.29. The minimum atomic E-state index is -0.787. The van der Waals surface area contributed by atoms with Crippen LogP contribution in [0.15, 0.2) is 24.3 Å². The zero-order chi connectivity index (χ0) is 18.5. The fourth-order valence-corrected chi connectivity index (χ4v) is 3.79. The molecule has 0 spiro atoms. The van der Waals surface area contributed by atoms with Gasteiger partial charge in [0, 0.05) is 23.2 Å². The number of hydrogen-bond donors (Lipinski definition) is 2. The highest BCUT2D eigenvalue weighted by Gasteiger charge is 2.27. The van der Waals surface area contributed by atoms with Gasteiger partial charge in [-0.1, -0.05) is 6.07 Å². The van der Waals surface area contributed by atoms with E-state index in [2.05, 4.69) is 10.6 Å². The second-order valence-electron chi connectivity index (χ2n) is 7.46. The standard InChI is InChI=1S/C20H26F2N2O2/c21-15-8-4-13(5-9-15)19(25)23-17-2-1-3-18(12-17)24-20(26)14-6-10-16(22)11-7-14/h1-3,12-16H,4-11H2,(H,23,25)(H,24,26). The number of rotatable bonds is 4. The summed E-state index contributed by atoms with van der Waals surface area (Å²) < 4.78 is 26.4. The summed E-state index contributed by atoms with van der Waals surface area (Å²) in [5.74, 6) is -0.504. The van der Waals surface area contributed by atoms with Gasteiger partial charge in [-0.3, -0.25) is 9.59 Å². The van der Waals surface area contributed by atoms with Crippen molar-refractivity contribution in [3.63, 3.8) is 0 Å². The van der Waals surface area contributed by atoms with Gasteiger partial charge in [-0.25, -0.2) is 8.78 Å². The van der Waals surface area contributed by atoms with Crippen LogP contribution < -0.4 is 10.6 Å². The van der Waals surface area contributed by atoms with Crippen LogP contribution in [0.3, 0.4) is 0 Å². The SMILES string of the molecule is O=C(Nc1cccc(NC(=O)C2CCC(F)CC2)c1)C1CCC(F)CC1. The highest BCUT2D eigenvalue weighted by atomic mass is 19.1. The third-order valence-corrected chi connectivity index (χ3v) is 5.45. The Bertz CT molecular complexity index is 585. The van der Waals surface area contributed by atoms with E-state index in [-0.39, 0.29) is 23.7 Å². The molecule has 2 amide bonds. The summed E-state index contributed by atoms with van der Waals surface area (Å²) in [7, 11) is 0. The lowest BCUT2D eigenvalue weighted by Gasteiger charge is -2.24. The number of benzene rings is 1. The van der Waals surface area contributed by atoms with E-state index in [0.717, 1.165) is 0 Å². The molecule has 6 heteroatoms. The van der Waals surface area contributed by atoms with E-state index >= 15 is 0 Å². The Balaban J connectivity index is 1.54. The van der Waals surface area contributed by atoms with Crippen molar-refractivity contribution in [1.29, 1.82) is 0 Å². The maximum absolute atomic E-state index is 13.2. The summed E-state index contributed by atoms with van der Waals surface area (Å²) in [5.41, 5.74) is 1.23. The summed E-state index contributed by atoms with van der Waals surface area (Å²) in [4.78, 5) is 24.7. The van der Waals surface area contributed by atoms with Crippen LogP contribution in [0, 0.1) is 11.8 Å². The smallest absolute Gasteiger partial charge is 0.227 e. The number of nitrogens with one attached hydrogen (secondary N) is 2. The van der Waals surface area contributed by atoms with E-state index in [1.807, 2.05) is 0 Å². The Morgan fingerprint density at radius 1 is 0.731 bits per heavy atom. The van der Waals surface area contributed by atoms with Crippen molar-refractivity contribution in [3.05, 3.63) is 24.3 Å². The van der Waals surface area contributed by atoms with E-state index < -0.39 is 12.3 Å². The molecule has 0 aliphatic heterocycles. The summed E-state index contributed by atoms with van der Waals surface area (Å²) in [6.45, 7) is 0. The molecule has 0 atom stereocenters. The van der Waals surface area contributed by atoms with Crippen molar-refractivity contribution in [2.45, 2.75) is 63.7 Å². The first-order valence-corrected chi connectivity index (χ1v) is 9.51. The molecule has 1 aromatic rings. The van der Waals surface area contributed by atoms with Crippen LogP contribution >= 0.6 is 0 Å². The lowest BCUT2D eigenvalue weighted by molar-refractivity contribution is -0.121. The molecule has 0 bridgehead atoms. The molecule has 0 aromatic heterocycles. The van der Waals surface area contributed by atoms with E-state index in [4.69, 9.17) is 0 Å². The van der Waals surface area contributed by atoms with Gasteiger partial charge in [0.05, 0.1) is 0 Å². The van der Waals surface area contributed by atoms with Crippen molar-refractivity contribution in [1.82, 2.24) is 0 Å². The number of carbonyl (C=O) groups is 2. The van der Waals surface area contributed by atoms with Crippen molar-refractivity contribution in [2.24, 2.45) is 11.8 Å². The average Bonchev–Trinajstić information content (AvgIpc) is 2.63. The van der Waals surface area contributed by atoms with Gasteiger partial charge < -0.3 is 10.6 Å². The van der Waals surface area contributed by atoms with Gasteiger partial charge in [-0.15, -0.1) is 0 Å². The molecule has 2 aliphatic carbocycles. The first kappa shape index (κ1) is 18.8. The first-order valence-electron chi connectivity index (χ1n) is 9.51. The van der Waals surface area contributed by atoms with Crippen LogP contribution in [0.5, 0.6) is 0 Å². The zero-order valence-electron chi connectivity index (χ0n) is 14.8. The maximum atomic E-state index is 13.2. The molecular weight excluding hydrogens is 338 g/mol. The van der Waals surface area contributed by atoms with Gasteiger partial charge in [-0.2, -0.15) is 0 Å². The fourth-order valence-electron chi connectivity index (χ4n) is 3.79. The minimum Gasteiger partial charge on any atom is -0.326 e. The van der Waals surface area contributed by atoms with Gasteiger partial charge in [0.2, 0.25) is 11.8 Å². The molecule has 0 saturated heterocycles. The molecule has 1 aromatic carbocycles. The number of anilines is 2. The monoisotopic (exact) mass is 364 g/mol. The van der Waals surface area contributed by atoms with Crippen LogP contribution in [-0.2, 0) is 9.59 Å². The largest absolute Gasteiger partial charge is 0.326 e. The van der Waals surface area contributed by atoms with Gasteiger partial charge in [0.25, 0.3) is 0 Å². The Kier molecular flexibility index (Phi) is 6.22. The van der Waals surface area contributed by atoms with E-state index in [0.29, 0.717) is 62.7 Å². The van der Waals surface area contributed by atoms with Crippen LogP contribution in [0.25, 0.3) is 0 Å². The Morgan fingerprint density at radius 2 is 1.12 bits per heavy atom. The van der Waals surface area contributed by atoms with Crippen LogP contribution in [-0.4, -0.2) is 24.2 Å². The second-order valence-corrected chi connectivity index (χ2v) is 7.46. The molecular formula is C20H26F2N2O2. The Morgan fingerprint density at radius 3 is 1.50 bits per heavy atom. The predicted molar refractivity (Wildman–Crippen MR) is 97.4 cm³/mol. The predicted octanol–water partition coefficient (Wildman–Crippen LogP) is 4.62. The number of halogens is 2. The second kappa shape index (κ2) is 8.60. The summed E-state index contributed by atoms with van der Waals surface area (Å²) in [5, 5.41) is 5.73. The molecule has 2 aliphatic rings. The fraction of sp³-hybridized carbons (Fsp3) is 0.600. The average molecular weight is 364 g/mol. The van der Waals surface area contributed by atoms with Gasteiger partial charge in [0.15, 0.2) is 0 Å². The Labute approximate surface area is 152 Å². The number of amides is 2. The third-order valence-electron chi connectivity index (χ3n) is 5.45. The molecule has 3 rings (SSSR count). The van der Waals surface area contributed by atoms with Gasteiger partial charge in [-0.05, 0) is 69.6 Å². The van der Waals surface area contributed by atoms with Crippen molar-refractivity contribution < 1.29 is 18.4 Å². The summed E-state index contributed by atoms with van der Waals surface area (Å²) in [6, 6.07) is 7.02. The highest BCUT2D eigenvalue weighted by molar-refractivity contribution is 5.95. The molecule has 142 valence electrons. The van der Waals surface area contributed by atoms with Gasteiger partial charge in [0.1, 0.15) is 12.3 Å². The molecule has 0 heterocycles. The van der Waals surface area contributed by atoms with E-state index in [9.17, 15) is 18.4 Å². The molecule has 2 saturated carbocycles. The van der Waals surface area contributed by atoms with Gasteiger partial charge >= 0.3 is 0 Å². The molecule has 26 heavy (non-hydrogen) atoms. The van der Waals surface area contributed by atoms with E-state index in [1.54, 1.807) is 24.3 Å². The Hall–Kier alpha value is -1.98. The molecule has 0 unspecified atom stereocenters. The van der Waals surface area contributed by atoms with Crippen molar-refractivity contribution in [2.75, 3.05) is 10.6 Å². The molecule has 2 fully saturated rings. The molecule has 4 nitrogen and oxygen atoms in total. The number of carbonyl (C=O) groups excluding carboxylic acids is 2.